The van der Waals surface area contributed by atoms with Crippen LogP contribution in [0.3, 0.4) is 0 Å². The van der Waals surface area contributed by atoms with Crippen molar-refractivity contribution >= 4 is 75.7 Å². The van der Waals surface area contributed by atoms with Gasteiger partial charge in [-0.2, -0.15) is 0 Å². The van der Waals surface area contributed by atoms with Crippen LogP contribution in [-0.2, 0) is 20.8 Å². The van der Waals surface area contributed by atoms with Crippen LogP contribution in [0.15, 0.2) is 91.0 Å². The van der Waals surface area contributed by atoms with Crippen molar-refractivity contribution in [3.63, 3.8) is 0 Å². The number of H-pyrrole nitrogens is 1. The highest BCUT2D eigenvalue weighted by Crippen LogP contribution is 2.27. The average molecular weight is 1260 g/mol. The molecule has 3 aliphatic heterocycles. The third kappa shape index (κ3) is 24.7. The SMILES string of the molecule is C.C.C.CC(C)(C)OC(=O)N1CCC(N)CC1.CC(C)(C)OC(=O)N1CCC(Nc2ccc([N+](=O)[O-])c(N)n2)CC1.CC(C)(C)OC(=O)N1CCC(Nc2ccc3[nH]c(-c4ccc(OCc5ccccc5)cc4)nc3n2)CC1.Nc1nc(Cl)ccc1[N+](=O)[O-]. The van der Waals surface area contributed by atoms with Crippen molar-refractivity contribution in [3.05, 3.63) is 122 Å². The number of rotatable bonds is 10. The van der Waals surface area contributed by atoms with E-state index in [1.165, 1.54) is 24.3 Å². The second-order valence-corrected chi connectivity index (χ2v) is 24.1. The molecular weight excluding hydrogens is 1170 g/mol. The number of hydrogen-bond donors (Lipinski definition) is 6. The summed E-state index contributed by atoms with van der Waals surface area (Å²) in [4.78, 5) is 81.1. The Morgan fingerprint density at radius 2 is 1.00 bits per heavy atom. The van der Waals surface area contributed by atoms with Crippen LogP contribution >= 0.6 is 11.6 Å². The van der Waals surface area contributed by atoms with Gasteiger partial charge in [0.2, 0.25) is 11.6 Å². The number of aromatic amines is 1. The Labute approximate surface area is 527 Å². The largest absolute Gasteiger partial charge is 0.489 e. The van der Waals surface area contributed by atoms with E-state index < -0.39 is 26.6 Å². The van der Waals surface area contributed by atoms with Crippen molar-refractivity contribution < 1.29 is 43.2 Å². The second kappa shape index (κ2) is 33.5. The van der Waals surface area contributed by atoms with Gasteiger partial charge in [0.1, 0.15) is 51.8 Å². The smallest absolute Gasteiger partial charge is 0.410 e. The molecule has 27 heteroatoms. The number of anilines is 4. The standard InChI is InChI=1S/C29H33N5O3.C15H23N5O4.C10H20N2O2.C5H4ClN3O2.3CH4/c1-29(2,3)37-28(35)34-17-15-22(16-18-34)30-25-14-13-24-27(32-25)33-26(31-24)21-9-11-23(12-10-21)36-19-20-7-5-4-6-8-20;1-15(2,3)24-14(21)19-8-6-10(7-9-19)17-12-5-4-11(20(22)23)13(16)18-12;1-10(2,3)14-9(13)12-6-4-8(11)5-7-12;6-4-2-1-3(9(10)11)5(7)8-4;;;/h4-14,22H,15-19H2,1-3H3,(H2,30,31,32,33);4-5,10H,6-9H2,1-3H3,(H3,16,17,18);8H,4-7,11H2,1-3H3;1-2H,(H2,7,8);3*1H4. The Balaban J connectivity index is 0.000000341. The highest BCUT2D eigenvalue weighted by Gasteiger charge is 2.30. The van der Waals surface area contributed by atoms with E-state index in [4.69, 9.17) is 57.7 Å². The van der Waals surface area contributed by atoms with Gasteiger partial charge in [0.15, 0.2) is 5.65 Å². The molecule has 3 aliphatic rings. The zero-order chi connectivity index (χ0) is 62.9. The summed E-state index contributed by atoms with van der Waals surface area (Å²) < 4.78 is 22.0. The predicted molar refractivity (Wildman–Crippen MR) is 350 cm³/mol. The highest BCUT2D eigenvalue weighted by molar-refractivity contribution is 6.29. The molecule has 3 saturated heterocycles. The Bertz CT molecular complexity index is 3220. The van der Waals surface area contributed by atoms with Crippen molar-refractivity contribution in [3.8, 4) is 17.1 Å². The summed E-state index contributed by atoms with van der Waals surface area (Å²) >= 11 is 5.41. The maximum atomic E-state index is 12.3. The fourth-order valence-corrected chi connectivity index (χ4v) is 8.91. The fourth-order valence-electron chi connectivity index (χ4n) is 8.75. The zero-order valence-electron chi connectivity index (χ0n) is 50.2. The number of nitrogens with two attached hydrogens (primary N) is 3. The van der Waals surface area contributed by atoms with E-state index in [0.717, 1.165) is 85.6 Å². The number of halogens is 1. The van der Waals surface area contributed by atoms with E-state index in [1.807, 2.05) is 129 Å². The number of carbonyl (C=O) groups excluding carboxylic acids is 3. The van der Waals surface area contributed by atoms with Crippen LogP contribution in [0.5, 0.6) is 5.75 Å². The summed E-state index contributed by atoms with van der Waals surface area (Å²) in [6.07, 6.45) is 4.12. The Hall–Kier alpha value is -8.78. The average Bonchev–Trinajstić information content (AvgIpc) is 1.92. The molecule has 9 rings (SSSR count). The van der Waals surface area contributed by atoms with Crippen molar-refractivity contribution in [2.45, 2.75) is 165 Å². The van der Waals surface area contributed by atoms with Crippen LogP contribution in [-0.4, -0.2) is 142 Å². The maximum Gasteiger partial charge on any atom is 0.410 e. The number of benzene rings is 2. The third-order valence-corrected chi connectivity index (χ3v) is 13.3. The number of nitrogen functional groups attached to an aromatic ring is 2. The van der Waals surface area contributed by atoms with Gasteiger partial charge in [-0.25, -0.2) is 34.3 Å². The predicted octanol–water partition coefficient (Wildman–Crippen LogP) is 12.9. The Morgan fingerprint density at radius 3 is 1.43 bits per heavy atom. The van der Waals surface area contributed by atoms with Gasteiger partial charge >= 0.3 is 29.7 Å². The Morgan fingerprint density at radius 1 is 0.584 bits per heavy atom. The van der Waals surface area contributed by atoms with Gasteiger partial charge < -0.3 is 66.5 Å². The van der Waals surface area contributed by atoms with E-state index in [1.54, 1.807) is 14.7 Å². The molecule has 26 nitrogen and oxygen atoms in total. The molecule has 7 heterocycles. The van der Waals surface area contributed by atoms with E-state index in [9.17, 15) is 34.6 Å². The number of amides is 3. The molecule has 488 valence electrons. The van der Waals surface area contributed by atoms with Crippen LogP contribution < -0.4 is 32.6 Å². The summed E-state index contributed by atoms with van der Waals surface area (Å²) in [7, 11) is 0. The molecule has 4 aromatic heterocycles. The van der Waals surface area contributed by atoms with Crippen LogP contribution in [0.1, 0.15) is 129 Å². The molecule has 3 amide bonds. The van der Waals surface area contributed by atoms with Crippen molar-refractivity contribution in [1.82, 2.24) is 39.6 Å². The number of hydrogen-bond acceptors (Lipinski definition) is 20. The van der Waals surface area contributed by atoms with Crippen molar-refractivity contribution in [2.75, 3.05) is 61.4 Å². The lowest BCUT2D eigenvalue weighted by atomic mass is 10.1. The van der Waals surface area contributed by atoms with Crippen molar-refractivity contribution in [2.24, 2.45) is 5.73 Å². The molecule has 0 saturated carbocycles. The van der Waals surface area contributed by atoms with Crippen LogP contribution in [0.2, 0.25) is 5.15 Å². The molecule has 3 fully saturated rings. The Kier molecular flexibility index (Phi) is 28.1. The lowest BCUT2D eigenvalue weighted by molar-refractivity contribution is -0.384. The molecule has 6 aromatic rings. The number of fused-ring (bicyclic) bond motifs is 1. The molecule has 0 radical (unpaired) electrons. The maximum absolute atomic E-state index is 12.3. The zero-order valence-corrected chi connectivity index (χ0v) is 51.0. The summed E-state index contributed by atoms with van der Waals surface area (Å²) in [5.74, 6) is 2.57. The van der Waals surface area contributed by atoms with Gasteiger partial charge in [0.25, 0.3) is 0 Å². The minimum atomic E-state index is -0.612. The number of imidazole rings is 1. The van der Waals surface area contributed by atoms with E-state index >= 15 is 0 Å². The number of likely N-dealkylation sites (tertiary alicyclic amines) is 3. The van der Waals surface area contributed by atoms with Crippen LogP contribution in [0, 0.1) is 20.2 Å². The lowest BCUT2D eigenvalue weighted by Gasteiger charge is -2.33. The van der Waals surface area contributed by atoms with E-state index in [-0.39, 0.29) is 86.8 Å². The monoisotopic (exact) mass is 1260 g/mol. The van der Waals surface area contributed by atoms with E-state index in [2.05, 4.69) is 25.6 Å². The van der Waals surface area contributed by atoms with Gasteiger partial charge in [-0.1, -0.05) is 64.2 Å². The van der Waals surface area contributed by atoms with Gasteiger partial charge in [0, 0.05) is 75.1 Å². The first kappa shape index (κ1) is 74.5. The molecule has 0 bridgehead atoms. The molecule has 89 heavy (non-hydrogen) atoms. The quantitative estimate of drug-likeness (QED) is 0.0321. The normalized spacial score (nSPS) is 14.6. The number of aromatic nitrogens is 5. The second-order valence-electron chi connectivity index (χ2n) is 23.7. The first-order chi connectivity index (χ1) is 40.5. The molecule has 0 atom stereocenters. The molecule has 2 aromatic carbocycles. The number of carbonyl (C=O) groups is 3. The van der Waals surface area contributed by atoms with Crippen LogP contribution in [0.25, 0.3) is 22.6 Å². The van der Waals surface area contributed by atoms with E-state index in [0.29, 0.717) is 44.3 Å². The van der Waals surface area contributed by atoms with Gasteiger partial charge in [-0.3, -0.25) is 20.2 Å². The van der Waals surface area contributed by atoms with Gasteiger partial charge in [-0.15, -0.1) is 0 Å². The summed E-state index contributed by atoms with van der Waals surface area (Å²) in [5, 5.41) is 27.8. The molecule has 0 aliphatic carbocycles. The summed E-state index contributed by atoms with van der Waals surface area (Å²) in [5.41, 5.74) is 18.3. The number of nitrogens with one attached hydrogen (secondary N) is 3. The highest BCUT2D eigenvalue weighted by atomic mass is 35.5. The first-order valence-electron chi connectivity index (χ1n) is 28.3. The van der Waals surface area contributed by atoms with Gasteiger partial charge in [-0.05, 0) is 155 Å². The topological polar surface area (TPSA) is 354 Å². The van der Waals surface area contributed by atoms with Crippen LogP contribution in [0.4, 0.5) is 49.0 Å². The molecule has 0 spiro atoms. The number of nitrogens with zero attached hydrogens (tertiary/aromatic N) is 9. The van der Waals surface area contributed by atoms with Crippen molar-refractivity contribution in [1.29, 1.82) is 0 Å². The minimum absolute atomic E-state index is 0. The minimum Gasteiger partial charge on any atom is -0.489 e. The molecular formula is C62H92ClN15O11. The van der Waals surface area contributed by atoms with Gasteiger partial charge in [0.05, 0.1) is 15.4 Å². The number of piperidine rings is 3. The third-order valence-electron chi connectivity index (χ3n) is 13.1. The lowest BCUT2D eigenvalue weighted by Crippen LogP contribution is -2.44. The first-order valence-corrected chi connectivity index (χ1v) is 28.7. The number of nitro groups is 2. The fraction of sp³-hybridized carbons (Fsp3) is 0.500. The summed E-state index contributed by atoms with van der Waals surface area (Å²) in [6, 6.07) is 28.0. The summed E-state index contributed by atoms with van der Waals surface area (Å²) in [6.45, 7) is 21.2. The number of ether oxygens (including phenoxy) is 4. The number of pyridine rings is 3. The molecule has 0 unspecified atom stereocenters. The molecule has 9 N–H and O–H groups in total.